The van der Waals surface area contributed by atoms with E-state index in [4.69, 9.17) is 0 Å². The Hall–Kier alpha value is -0.970. The SMILES string of the molecule is Cn1c(C(F)F)nc2cc(Br)ccc21. The van der Waals surface area contributed by atoms with Gasteiger partial charge in [-0.15, -0.1) is 0 Å². The molecule has 0 saturated heterocycles. The van der Waals surface area contributed by atoms with Gasteiger partial charge < -0.3 is 4.57 Å². The van der Waals surface area contributed by atoms with Gasteiger partial charge in [-0.05, 0) is 18.2 Å². The van der Waals surface area contributed by atoms with Crippen LogP contribution in [0.5, 0.6) is 0 Å². The molecule has 0 bridgehead atoms. The molecule has 74 valence electrons. The van der Waals surface area contributed by atoms with Crippen LogP contribution in [0.4, 0.5) is 8.78 Å². The normalized spacial score (nSPS) is 11.5. The van der Waals surface area contributed by atoms with Gasteiger partial charge >= 0.3 is 0 Å². The van der Waals surface area contributed by atoms with Gasteiger partial charge in [0.15, 0.2) is 5.82 Å². The van der Waals surface area contributed by atoms with Gasteiger partial charge in [-0.2, -0.15) is 0 Å². The van der Waals surface area contributed by atoms with Crippen molar-refractivity contribution in [2.75, 3.05) is 0 Å². The molecule has 0 atom stereocenters. The Morgan fingerprint density at radius 1 is 1.43 bits per heavy atom. The highest BCUT2D eigenvalue weighted by molar-refractivity contribution is 9.10. The van der Waals surface area contributed by atoms with Gasteiger partial charge in [-0.3, -0.25) is 0 Å². The molecule has 0 saturated carbocycles. The summed E-state index contributed by atoms with van der Waals surface area (Å²) in [6.45, 7) is 0. The number of halogens is 3. The van der Waals surface area contributed by atoms with Crippen molar-refractivity contribution in [2.45, 2.75) is 6.43 Å². The fraction of sp³-hybridized carbons (Fsp3) is 0.222. The van der Waals surface area contributed by atoms with Crippen molar-refractivity contribution in [1.82, 2.24) is 9.55 Å². The van der Waals surface area contributed by atoms with Crippen LogP contribution in [0.1, 0.15) is 12.2 Å². The van der Waals surface area contributed by atoms with Gasteiger partial charge in [-0.25, -0.2) is 13.8 Å². The number of aromatic nitrogens is 2. The molecule has 0 spiro atoms. The third kappa shape index (κ3) is 1.41. The van der Waals surface area contributed by atoms with Crippen LogP contribution in [0.2, 0.25) is 0 Å². The van der Waals surface area contributed by atoms with Crippen LogP contribution in [-0.4, -0.2) is 9.55 Å². The van der Waals surface area contributed by atoms with E-state index in [0.717, 1.165) is 4.47 Å². The third-order valence-corrected chi connectivity index (χ3v) is 2.57. The fourth-order valence-electron chi connectivity index (χ4n) is 1.39. The molecule has 14 heavy (non-hydrogen) atoms. The van der Waals surface area contributed by atoms with Crippen molar-refractivity contribution >= 4 is 27.0 Å². The van der Waals surface area contributed by atoms with Crippen molar-refractivity contribution in [2.24, 2.45) is 7.05 Å². The molecule has 1 heterocycles. The molecule has 0 radical (unpaired) electrons. The summed E-state index contributed by atoms with van der Waals surface area (Å²) in [5.74, 6) is -0.196. The molecule has 0 unspecified atom stereocenters. The van der Waals surface area contributed by atoms with Crippen molar-refractivity contribution in [3.05, 3.63) is 28.5 Å². The van der Waals surface area contributed by atoms with Crippen LogP contribution in [0, 0.1) is 0 Å². The lowest BCUT2D eigenvalue weighted by atomic mass is 10.3. The van der Waals surface area contributed by atoms with E-state index in [0.29, 0.717) is 11.0 Å². The molecular formula is C9H7BrF2N2. The second-order valence-corrected chi connectivity index (χ2v) is 3.88. The minimum Gasteiger partial charge on any atom is -0.326 e. The predicted octanol–water partition coefficient (Wildman–Crippen LogP) is 3.27. The molecule has 0 aliphatic heterocycles. The largest absolute Gasteiger partial charge is 0.326 e. The van der Waals surface area contributed by atoms with E-state index in [1.165, 1.54) is 4.57 Å². The number of nitrogens with zero attached hydrogens (tertiary/aromatic N) is 2. The zero-order chi connectivity index (χ0) is 10.3. The van der Waals surface area contributed by atoms with Crippen LogP contribution in [0.15, 0.2) is 22.7 Å². The Morgan fingerprint density at radius 2 is 2.14 bits per heavy atom. The Kier molecular flexibility index (Phi) is 2.26. The van der Waals surface area contributed by atoms with E-state index < -0.39 is 6.43 Å². The topological polar surface area (TPSA) is 17.8 Å². The van der Waals surface area contributed by atoms with Crippen LogP contribution in [0.25, 0.3) is 11.0 Å². The minimum absolute atomic E-state index is 0.196. The van der Waals surface area contributed by atoms with Crippen LogP contribution in [0.3, 0.4) is 0 Å². The van der Waals surface area contributed by atoms with Crippen molar-refractivity contribution in [3.63, 3.8) is 0 Å². The lowest BCUT2D eigenvalue weighted by Gasteiger charge is -1.99. The van der Waals surface area contributed by atoms with Crippen molar-refractivity contribution < 1.29 is 8.78 Å². The molecule has 1 aromatic heterocycles. The lowest BCUT2D eigenvalue weighted by molar-refractivity contribution is 0.137. The van der Waals surface area contributed by atoms with Gasteiger partial charge in [-0.1, -0.05) is 15.9 Å². The molecule has 5 heteroatoms. The summed E-state index contributed by atoms with van der Waals surface area (Å²) in [5, 5.41) is 0. The molecule has 0 N–H and O–H groups in total. The zero-order valence-corrected chi connectivity index (χ0v) is 8.92. The first-order valence-electron chi connectivity index (χ1n) is 3.99. The fourth-order valence-corrected chi connectivity index (χ4v) is 1.74. The van der Waals surface area contributed by atoms with Gasteiger partial charge in [0, 0.05) is 11.5 Å². The molecule has 1 aromatic carbocycles. The Bertz CT molecular complexity index is 479. The van der Waals surface area contributed by atoms with Crippen LogP contribution >= 0.6 is 15.9 Å². The first kappa shape index (κ1) is 9.58. The van der Waals surface area contributed by atoms with E-state index in [1.54, 1.807) is 25.2 Å². The standard InChI is InChI=1S/C9H7BrF2N2/c1-14-7-3-2-5(10)4-6(7)13-9(14)8(11)12/h2-4,8H,1H3. The maximum atomic E-state index is 12.5. The first-order chi connectivity index (χ1) is 6.59. The summed E-state index contributed by atoms with van der Waals surface area (Å²) in [5.41, 5.74) is 1.29. The molecule has 0 aliphatic carbocycles. The average Bonchev–Trinajstić information content (AvgIpc) is 2.43. The maximum Gasteiger partial charge on any atom is 0.295 e. The minimum atomic E-state index is -2.54. The summed E-state index contributed by atoms with van der Waals surface area (Å²) in [4.78, 5) is 3.86. The monoisotopic (exact) mass is 260 g/mol. The summed E-state index contributed by atoms with van der Waals surface area (Å²) >= 11 is 3.27. The summed E-state index contributed by atoms with van der Waals surface area (Å²) in [6.07, 6.45) is -2.54. The van der Waals surface area contributed by atoms with E-state index in [9.17, 15) is 8.78 Å². The number of benzene rings is 1. The van der Waals surface area contributed by atoms with Gasteiger partial charge in [0.2, 0.25) is 0 Å². The number of hydrogen-bond acceptors (Lipinski definition) is 1. The van der Waals surface area contributed by atoms with E-state index in [1.807, 2.05) is 0 Å². The smallest absolute Gasteiger partial charge is 0.295 e. The molecule has 2 rings (SSSR count). The van der Waals surface area contributed by atoms with E-state index >= 15 is 0 Å². The molecular weight excluding hydrogens is 254 g/mol. The highest BCUT2D eigenvalue weighted by atomic mass is 79.9. The number of alkyl halides is 2. The highest BCUT2D eigenvalue weighted by Crippen LogP contribution is 2.24. The Balaban J connectivity index is 2.73. The number of hydrogen-bond donors (Lipinski definition) is 0. The third-order valence-electron chi connectivity index (χ3n) is 2.07. The molecule has 2 nitrogen and oxygen atoms in total. The van der Waals surface area contributed by atoms with Crippen LogP contribution in [-0.2, 0) is 7.05 Å². The molecule has 0 fully saturated rings. The number of fused-ring (bicyclic) bond motifs is 1. The number of aryl methyl sites for hydroxylation is 1. The number of rotatable bonds is 1. The first-order valence-corrected chi connectivity index (χ1v) is 4.79. The van der Waals surface area contributed by atoms with Crippen molar-refractivity contribution in [1.29, 1.82) is 0 Å². The molecule has 0 amide bonds. The Labute approximate surface area is 87.7 Å². The quantitative estimate of drug-likeness (QED) is 0.770. The molecule has 0 aliphatic rings. The summed E-state index contributed by atoms with van der Waals surface area (Å²) in [7, 11) is 1.59. The summed E-state index contributed by atoms with van der Waals surface area (Å²) < 4.78 is 27.2. The number of imidazole rings is 1. The average molecular weight is 261 g/mol. The Morgan fingerprint density at radius 3 is 2.79 bits per heavy atom. The van der Waals surface area contributed by atoms with Crippen LogP contribution < -0.4 is 0 Å². The van der Waals surface area contributed by atoms with E-state index in [-0.39, 0.29) is 5.82 Å². The van der Waals surface area contributed by atoms with E-state index in [2.05, 4.69) is 20.9 Å². The maximum absolute atomic E-state index is 12.5. The highest BCUT2D eigenvalue weighted by Gasteiger charge is 2.16. The molecule has 2 aromatic rings. The lowest BCUT2D eigenvalue weighted by Crippen LogP contribution is -1.97. The second kappa shape index (κ2) is 3.31. The predicted molar refractivity (Wildman–Crippen MR) is 53.4 cm³/mol. The van der Waals surface area contributed by atoms with Crippen molar-refractivity contribution in [3.8, 4) is 0 Å². The zero-order valence-electron chi connectivity index (χ0n) is 7.34. The second-order valence-electron chi connectivity index (χ2n) is 2.96. The summed E-state index contributed by atoms with van der Waals surface area (Å²) in [6, 6.07) is 5.29. The van der Waals surface area contributed by atoms with Gasteiger partial charge in [0.1, 0.15) is 0 Å². The van der Waals surface area contributed by atoms with Gasteiger partial charge in [0.05, 0.1) is 11.0 Å². The van der Waals surface area contributed by atoms with Gasteiger partial charge in [0.25, 0.3) is 6.43 Å².